The van der Waals surface area contributed by atoms with Gasteiger partial charge in [0.25, 0.3) is 0 Å². The van der Waals surface area contributed by atoms with Crippen molar-refractivity contribution in [2.24, 2.45) is 5.11 Å². The lowest BCUT2D eigenvalue weighted by Crippen LogP contribution is -2.23. The number of benzene rings is 1. The lowest BCUT2D eigenvalue weighted by molar-refractivity contribution is -0.255. The average molecular weight is 177 g/mol. The number of nitrogens with one attached hydrogen (secondary N) is 1. The van der Waals surface area contributed by atoms with Crippen molar-refractivity contribution in [3.8, 4) is 0 Å². The van der Waals surface area contributed by atoms with E-state index >= 15 is 0 Å². The number of nitrogens with zero attached hydrogens (tertiary/aromatic N) is 2. The smallest absolute Gasteiger partial charge is 0.220 e. The van der Waals surface area contributed by atoms with Gasteiger partial charge in [0.1, 0.15) is 5.53 Å². The maximum atomic E-state index is 10.5. The lowest BCUT2D eigenvalue weighted by atomic mass is 10.1. The summed E-state index contributed by atoms with van der Waals surface area (Å²) in [5.74, 6) is -1.22. The summed E-state index contributed by atoms with van der Waals surface area (Å²) in [4.78, 5) is 13.3. The van der Waals surface area contributed by atoms with E-state index < -0.39 is 5.97 Å². The molecule has 0 aromatic heterocycles. The van der Waals surface area contributed by atoms with Crippen LogP contribution < -0.4 is 10.0 Å². The molecule has 13 heavy (non-hydrogen) atoms. The first-order valence-corrected chi connectivity index (χ1v) is 3.54. The quantitative estimate of drug-likeness (QED) is 0.527. The van der Waals surface area contributed by atoms with Gasteiger partial charge in [-0.25, -0.2) is 0 Å². The molecule has 66 valence electrons. The van der Waals surface area contributed by atoms with E-state index in [1.807, 2.05) is 0 Å². The molecule has 0 aliphatic carbocycles. The van der Waals surface area contributed by atoms with E-state index in [1.54, 1.807) is 6.92 Å². The molecule has 0 aliphatic rings. The first-order chi connectivity index (χ1) is 6.15. The van der Waals surface area contributed by atoms with E-state index in [0.29, 0.717) is 11.3 Å². The van der Waals surface area contributed by atoms with Gasteiger partial charge in [-0.15, -0.1) is 0 Å². The van der Waals surface area contributed by atoms with Crippen LogP contribution in [0, 0.1) is 12.5 Å². The summed E-state index contributed by atoms with van der Waals surface area (Å²) < 4.78 is 0. The van der Waals surface area contributed by atoms with E-state index in [1.165, 1.54) is 18.2 Å². The molecule has 5 heteroatoms. The molecule has 0 fully saturated rings. The zero-order valence-electron chi connectivity index (χ0n) is 6.94. The minimum atomic E-state index is -1.22. The van der Waals surface area contributed by atoms with Gasteiger partial charge in [-0.05, 0) is 24.6 Å². The van der Waals surface area contributed by atoms with Crippen LogP contribution in [-0.4, -0.2) is 5.97 Å². The first kappa shape index (κ1) is 9.09. The van der Waals surface area contributed by atoms with Crippen molar-refractivity contribution in [1.29, 1.82) is 5.53 Å². The molecule has 0 saturated carbocycles. The van der Waals surface area contributed by atoms with Gasteiger partial charge in [-0.2, -0.15) is 0 Å². The predicted octanol–water partition coefficient (Wildman–Crippen LogP) is 0.540. The number of carboxylic acids is 1. The fourth-order valence-corrected chi connectivity index (χ4v) is 0.997. The zero-order chi connectivity index (χ0) is 9.84. The number of rotatable bonds is 2. The largest absolute Gasteiger partial charge is 0.545 e. The normalized spacial score (nSPS) is 9.00. The monoisotopic (exact) mass is 177 g/mol. The van der Waals surface area contributed by atoms with Crippen molar-refractivity contribution >= 4 is 11.7 Å². The van der Waals surface area contributed by atoms with Crippen molar-refractivity contribution < 1.29 is 9.90 Å². The van der Waals surface area contributed by atoms with Gasteiger partial charge >= 0.3 is 0 Å². The number of carbonyl (C=O) groups excluding carboxylic acids is 1. The molecule has 1 aromatic rings. The highest BCUT2D eigenvalue weighted by Crippen LogP contribution is 2.16. The second kappa shape index (κ2) is 3.60. The minimum Gasteiger partial charge on any atom is -0.545 e. The number of hydrogen-bond donors (Lipinski definition) is 1. The van der Waals surface area contributed by atoms with Crippen LogP contribution in [0.4, 0.5) is 5.69 Å². The predicted molar refractivity (Wildman–Crippen MR) is 42.5 cm³/mol. The fourth-order valence-electron chi connectivity index (χ4n) is 0.997. The van der Waals surface area contributed by atoms with Crippen LogP contribution in [-0.2, 0) is 0 Å². The molecule has 0 bridgehead atoms. The van der Waals surface area contributed by atoms with Crippen LogP contribution >= 0.6 is 0 Å². The van der Waals surface area contributed by atoms with Crippen molar-refractivity contribution in [3.05, 3.63) is 29.3 Å². The van der Waals surface area contributed by atoms with E-state index in [0.717, 1.165) is 0 Å². The Morgan fingerprint density at radius 3 is 2.77 bits per heavy atom. The highest BCUT2D eigenvalue weighted by atomic mass is 16.4. The summed E-state index contributed by atoms with van der Waals surface area (Å²) in [5.41, 5.74) is 7.61. The Bertz CT molecular complexity index is 394. The van der Waals surface area contributed by atoms with Crippen LogP contribution in [0.1, 0.15) is 15.9 Å². The third kappa shape index (κ3) is 1.98. The average Bonchev–Trinajstić information content (AvgIpc) is 2.04. The number of carboxylic acid groups (broad SMARTS) is 1. The molecule has 0 atom stereocenters. The third-order valence-electron chi connectivity index (χ3n) is 1.60. The van der Waals surface area contributed by atoms with Crippen molar-refractivity contribution in [1.82, 2.24) is 4.91 Å². The topological polar surface area (TPSA) is 90.4 Å². The van der Waals surface area contributed by atoms with Crippen LogP contribution in [0.3, 0.4) is 0 Å². The van der Waals surface area contributed by atoms with Gasteiger partial charge in [0, 0.05) is 5.56 Å². The maximum Gasteiger partial charge on any atom is 0.220 e. The van der Waals surface area contributed by atoms with E-state index in [9.17, 15) is 9.90 Å². The number of aryl methyl sites for hydroxylation is 1. The van der Waals surface area contributed by atoms with Gasteiger partial charge in [-0.3, -0.25) is 0 Å². The molecule has 0 aliphatic heterocycles. The molecule has 0 heterocycles. The molecule has 0 spiro atoms. The third-order valence-corrected chi connectivity index (χ3v) is 1.60. The van der Waals surface area contributed by atoms with E-state index in [2.05, 4.69) is 10.0 Å². The molecule has 0 radical (unpaired) electrons. The summed E-state index contributed by atoms with van der Waals surface area (Å²) in [6, 6.07) is 4.38. The SMILES string of the molecule is Cc1cc(N=[N+]=N)ccc1C(=O)[O-]. The Balaban J connectivity index is 3.19. The molecular formula is C8H7N3O2. The molecule has 1 N–H and O–H groups in total. The summed E-state index contributed by atoms with van der Waals surface area (Å²) in [6.07, 6.45) is 0. The lowest BCUT2D eigenvalue weighted by Gasteiger charge is -2.04. The second-order valence-electron chi connectivity index (χ2n) is 2.49. The molecule has 5 nitrogen and oxygen atoms in total. The Morgan fingerprint density at radius 1 is 1.62 bits per heavy atom. The Hall–Kier alpha value is -2.00. The van der Waals surface area contributed by atoms with Crippen LogP contribution in [0.2, 0.25) is 0 Å². The van der Waals surface area contributed by atoms with Crippen LogP contribution in [0.25, 0.3) is 0 Å². The number of hydrogen-bond acceptors (Lipinski definition) is 4. The molecule has 0 saturated heterocycles. The molecule has 1 rings (SSSR count). The Kier molecular flexibility index (Phi) is 2.52. The minimum absolute atomic E-state index is 0.129. The summed E-state index contributed by atoms with van der Waals surface area (Å²) >= 11 is 0. The zero-order valence-corrected chi connectivity index (χ0v) is 6.94. The highest BCUT2D eigenvalue weighted by molar-refractivity contribution is 5.88. The fraction of sp³-hybridized carbons (Fsp3) is 0.125. The standard InChI is InChI=1S/C8H7N3O2/c1-5-4-6(10-11-9)2-3-7(5)8(12)13/h2-4,9H,1H3. The molecular weight excluding hydrogens is 170 g/mol. The maximum absolute atomic E-state index is 10.5. The summed E-state index contributed by atoms with van der Waals surface area (Å²) in [6.45, 7) is 1.63. The molecule has 0 unspecified atom stereocenters. The molecule has 0 amide bonds. The van der Waals surface area contributed by atoms with E-state index in [4.69, 9.17) is 5.53 Å². The van der Waals surface area contributed by atoms with Gasteiger partial charge < -0.3 is 9.90 Å². The Labute approximate surface area is 74.3 Å². The number of carbonyl (C=O) groups is 1. The van der Waals surface area contributed by atoms with Crippen molar-refractivity contribution in [2.75, 3.05) is 0 Å². The second-order valence-corrected chi connectivity index (χ2v) is 2.49. The van der Waals surface area contributed by atoms with Crippen LogP contribution in [0.5, 0.6) is 0 Å². The summed E-state index contributed by atoms with van der Waals surface area (Å²) in [5, 5.41) is 13.9. The Morgan fingerprint density at radius 2 is 2.31 bits per heavy atom. The number of aromatic carboxylic acids is 1. The summed E-state index contributed by atoms with van der Waals surface area (Å²) in [7, 11) is 0. The van der Waals surface area contributed by atoms with Gasteiger partial charge in [0.05, 0.1) is 5.97 Å². The van der Waals surface area contributed by atoms with Crippen molar-refractivity contribution in [3.63, 3.8) is 0 Å². The van der Waals surface area contributed by atoms with Crippen molar-refractivity contribution in [2.45, 2.75) is 6.92 Å². The molecule has 1 aromatic carbocycles. The van der Waals surface area contributed by atoms with Gasteiger partial charge in [0.15, 0.2) is 10.8 Å². The van der Waals surface area contributed by atoms with Gasteiger partial charge in [0.2, 0.25) is 4.91 Å². The van der Waals surface area contributed by atoms with Gasteiger partial charge in [-0.1, -0.05) is 6.07 Å². The van der Waals surface area contributed by atoms with Crippen LogP contribution in [0.15, 0.2) is 23.3 Å². The first-order valence-electron chi connectivity index (χ1n) is 3.54. The van der Waals surface area contributed by atoms with E-state index in [-0.39, 0.29) is 5.56 Å². The highest BCUT2D eigenvalue weighted by Gasteiger charge is 2.02.